The molecule has 2 nitrogen and oxygen atoms in total. The van der Waals surface area contributed by atoms with Crippen molar-refractivity contribution >= 4 is 0 Å². The molecule has 0 unspecified atom stereocenters. The molecule has 1 fully saturated rings. The smallest absolute Gasteiger partial charge is 0.0793 e. The van der Waals surface area contributed by atoms with E-state index in [4.69, 9.17) is 0 Å². The van der Waals surface area contributed by atoms with Gasteiger partial charge in [-0.05, 0) is 30.7 Å². The fourth-order valence-corrected chi connectivity index (χ4v) is 2.74. The lowest BCUT2D eigenvalue weighted by Gasteiger charge is -2.23. The second kappa shape index (κ2) is 6.18. The highest BCUT2D eigenvalue weighted by Gasteiger charge is 2.24. The maximum Gasteiger partial charge on any atom is 0.0793 e. The zero-order valence-electron chi connectivity index (χ0n) is 10.3. The molecule has 1 aromatic carbocycles. The fourth-order valence-electron chi connectivity index (χ4n) is 2.74. The van der Waals surface area contributed by atoms with Crippen LogP contribution in [0.25, 0.3) is 0 Å². The van der Waals surface area contributed by atoms with Gasteiger partial charge in [0.05, 0.1) is 12.2 Å². The van der Waals surface area contributed by atoms with E-state index in [9.17, 15) is 10.2 Å². The molecule has 0 saturated heterocycles. The van der Waals surface area contributed by atoms with E-state index >= 15 is 0 Å². The second-order valence-electron chi connectivity index (χ2n) is 5.13. The molecule has 3 atom stereocenters. The first kappa shape index (κ1) is 12.6. The largest absolute Gasteiger partial charge is 0.393 e. The third kappa shape index (κ3) is 3.55. The topological polar surface area (TPSA) is 40.5 Å². The van der Waals surface area contributed by atoms with Gasteiger partial charge in [0.1, 0.15) is 0 Å². The summed E-state index contributed by atoms with van der Waals surface area (Å²) < 4.78 is 0. The average molecular weight is 234 g/mol. The Hall–Kier alpha value is -0.860. The van der Waals surface area contributed by atoms with Crippen molar-refractivity contribution in [1.29, 1.82) is 0 Å². The molecule has 2 heteroatoms. The molecule has 1 aliphatic rings. The quantitative estimate of drug-likeness (QED) is 0.789. The second-order valence-corrected chi connectivity index (χ2v) is 5.13. The lowest BCUT2D eigenvalue weighted by molar-refractivity contribution is 0.0565. The van der Waals surface area contributed by atoms with Gasteiger partial charge >= 0.3 is 0 Å². The fraction of sp³-hybridized carbons (Fsp3) is 0.600. The standard InChI is InChI=1S/C15H22O2/c16-14-10-6-2-5-9-13(14)11-15(17)12-7-3-1-4-8-12/h1,3-4,7-8,13-17H,2,5-6,9-11H2/t13-,14-,15+/m0/s1. The molecule has 0 heterocycles. The average Bonchev–Trinajstić information content (AvgIpc) is 2.56. The number of benzene rings is 1. The summed E-state index contributed by atoms with van der Waals surface area (Å²) in [6.07, 6.45) is 5.49. The summed E-state index contributed by atoms with van der Waals surface area (Å²) >= 11 is 0. The van der Waals surface area contributed by atoms with Gasteiger partial charge in [0.15, 0.2) is 0 Å². The number of aliphatic hydroxyl groups is 2. The molecule has 1 aliphatic carbocycles. The summed E-state index contributed by atoms with van der Waals surface area (Å²) in [7, 11) is 0. The number of hydrogen-bond acceptors (Lipinski definition) is 2. The van der Waals surface area contributed by atoms with Crippen LogP contribution >= 0.6 is 0 Å². The molecule has 0 bridgehead atoms. The summed E-state index contributed by atoms with van der Waals surface area (Å²) in [6, 6.07) is 9.75. The first-order valence-electron chi connectivity index (χ1n) is 6.68. The van der Waals surface area contributed by atoms with Crippen molar-refractivity contribution in [1.82, 2.24) is 0 Å². The van der Waals surface area contributed by atoms with E-state index in [-0.39, 0.29) is 12.0 Å². The maximum atomic E-state index is 10.2. The van der Waals surface area contributed by atoms with E-state index in [1.165, 1.54) is 12.8 Å². The molecule has 0 aliphatic heterocycles. The Labute approximate surface area is 103 Å². The Balaban J connectivity index is 1.95. The maximum absolute atomic E-state index is 10.2. The summed E-state index contributed by atoms with van der Waals surface area (Å²) in [5, 5.41) is 20.2. The van der Waals surface area contributed by atoms with E-state index in [0.29, 0.717) is 6.42 Å². The normalized spacial score (nSPS) is 27.4. The lowest BCUT2D eigenvalue weighted by atomic mass is 9.89. The third-order valence-corrected chi connectivity index (χ3v) is 3.83. The molecule has 94 valence electrons. The summed E-state index contributed by atoms with van der Waals surface area (Å²) in [4.78, 5) is 0. The van der Waals surface area contributed by atoms with Crippen LogP contribution in [0.5, 0.6) is 0 Å². The van der Waals surface area contributed by atoms with E-state index < -0.39 is 6.10 Å². The van der Waals surface area contributed by atoms with Gasteiger partial charge in [0.25, 0.3) is 0 Å². The molecule has 17 heavy (non-hydrogen) atoms. The number of rotatable bonds is 3. The van der Waals surface area contributed by atoms with Crippen molar-refractivity contribution < 1.29 is 10.2 Å². The van der Waals surface area contributed by atoms with Gasteiger partial charge in [0, 0.05) is 0 Å². The van der Waals surface area contributed by atoms with Gasteiger partial charge in [-0.3, -0.25) is 0 Å². The Morgan fingerprint density at radius 2 is 1.76 bits per heavy atom. The zero-order valence-corrected chi connectivity index (χ0v) is 10.3. The van der Waals surface area contributed by atoms with Crippen LogP contribution in [-0.2, 0) is 0 Å². The van der Waals surface area contributed by atoms with Crippen LogP contribution in [0.3, 0.4) is 0 Å². The predicted octanol–water partition coefficient (Wildman–Crippen LogP) is 3.05. The molecule has 2 rings (SSSR count). The molecule has 1 aromatic rings. The van der Waals surface area contributed by atoms with Crippen molar-refractivity contribution in [3.63, 3.8) is 0 Å². The minimum atomic E-state index is -0.436. The highest BCUT2D eigenvalue weighted by atomic mass is 16.3. The predicted molar refractivity (Wildman–Crippen MR) is 68.6 cm³/mol. The Kier molecular flexibility index (Phi) is 4.57. The van der Waals surface area contributed by atoms with Gasteiger partial charge < -0.3 is 10.2 Å². The van der Waals surface area contributed by atoms with Crippen molar-refractivity contribution in [3.8, 4) is 0 Å². The molecule has 0 radical (unpaired) electrons. The minimum Gasteiger partial charge on any atom is -0.393 e. The third-order valence-electron chi connectivity index (χ3n) is 3.83. The van der Waals surface area contributed by atoms with Gasteiger partial charge in [-0.1, -0.05) is 49.6 Å². The van der Waals surface area contributed by atoms with Crippen LogP contribution < -0.4 is 0 Å². The molecule has 0 aromatic heterocycles. The number of hydrogen-bond donors (Lipinski definition) is 2. The van der Waals surface area contributed by atoms with Crippen LogP contribution in [-0.4, -0.2) is 16.3 Å². The lowest BCUT2D eigenvalue weighted by Crippen LogP contribution is -2.21. The van der Waals surface area contributed by atoms with Crippen LogP contribution in [0.1, 0.15) is 50.2 Å². The first-order valence-corrected chi connectivity index (χ1v) is 6.68. The van der Waals surface area contributed by atoms with Gasteiger partial charge in [0.2, 0.25) is 0 Å². The first-order chi connectivity index (χ1) is 8.27. The molecule has 1 saturated carbocycles. The van der Waals surface area contributed by atoms with Gasteiger partial charge in [-0.25, -0.2) is 0 Å². The summed E-state index contributed by atoms with van der Waals surface area (Å²) in [5.41, 5.74) is 0.962. The van der Waals surface area contributed by atoms with Crippen molar-refractivity contribution in [2.45, 2.75) is 50.7 Å². The van der Waals surface area contributed by atoms with Crippen molar-refractivity contribution in [3.05, 3.63) is 35.9 Å². The summed E-state index contributed by atoms with van der Waals surface area (Å²) in [5.74, 6) is 0.257. The molecule has 2 N–H and O–H groups in total. The Morgan fingerprint density at radius 1 is 1.06 bits per heavy atom. The van der Waals surface area contributed by atoms with E-state index in [1.807, 2.05) is 30.3 Å². The van der Waals surface area contributed by atoms with E-state index in [0.717, 1.165) is 24.8 Å². The highest BCUT2D eigenvalue weighted by molar-refractivity contribution is 5.17. The molecule has 0 spiro atoms. The van der Waals surface area contributed by atoms with Gasteiger partial charge in [-0.2, -0.15) is 0 Å². The van der Waals surface area contributed by atoms with Crippen LogP contribution in [0.2, 0.25) is 0 Å². The van der Waals surface area contributed by atoms with Crippen LogP contribution in [0.4, 0.5) is 0 Å². The van der Waals surface area contributed by atoms with Crippen LogP contribution in [0, 0.1) is 5.92 Å². The number of aliphatic hydroxyl groups excluding tert-OH is 2. The molecular formula is C15H22O2. The Bertz CT molecular complexity index is 323. The monoisotopic (exact) mass is 234 g/mol. The Morgan fingerprint density at radius 3 is 2.53 bits per heavy atom. The minimum absolute atomic E-state index is 0.226. The van der Waals surface area contributed by atoms with Crippen molar-refractivity contribution in [2.24, 2.45) is 5.92 Å². The zero-order chi connectivity index (χ0) is 12.1. The molecule has 0 amide bonds. The summed E-state index contributed by atoms with van der Waals surface area (Å²) in [6.45, 7) is 0. The van der Waals surface area contributed by atoms with Crippen LogP contribution in [0.15, 0.2) is 30.3 Å². The van der Waals surface area contributed by atoms with Crippen molar-refractivity contribution in [2.75, 3.05) is 0 Å². The van der Waals surface area contributed by atoms with E-state index in [2.05, 4.69) is 0 Å². The SMILES string of the molecule is O[C@H](C[C@@H]1CCCCC[C@@H]1O)c1ccccc1. The molecular weight excluding hydrogens is 212 g/mol. The van der Waals surface area contributed by atoms with E-state index in [1.54, 1.807) is 0 Å². The highest BCUT2D eigenvalue weighted by Crippen LogP contribution is 2.31. The van der Waals surface area contributed by atoms with Gasteiger partial charge in [-0.15, -0.1) is 0 Å².